The van der Waals surface area contributed by atoms with Crippen molar-refractivity contribution in [1.82, 2.24) is 10.2 Å². The maximum absolute atomic E-state index is 5.69. The van der Waals surface area contributed by atoms with E-state index in [2.05, 4.69) is 33.1 Å². The van der Waals surface area contributed by atoms with Crippen molar-refractivity contribution < 1.29 is 18.9 Å². The maximum atomic E-state index is 5.69. The van der Waals surface area contributed by atoms with E-state index in [1.54, 1.807) is 7.11 Å². The van der Waals surface area contributed by atoms with Crippen molar-refractivity contribution in [2.24, 2.45) is 10.9 Å². The Hall–Kier alpha value is -1.51. The molecule has 1 N–H and O–H groups in total. The van der Waals surface area contributed by atoms with Gasteiger partial charge in [0, 0.05) is 32.7 Å². The first kappa shape index (κ1) is 20.2. The summed E-state index contributed by atoms with van der Waals surface area (Å²) in [5.41, 5.74) is 1.08. The van der Waals surface area contributed by atoms with E-state index in [0.717, 1.165) is 60.2 Å². The summed E-state index contributed by atoms with van der Waals surface area (Å²) in [6, 6.07) is 4.04. The molecule has 1 aromatic carbocycles. The second-order valence-corrected chi connectivity index (χ2v) is 7.50. The lowest BCUT2D eigenvalue weighted by molar-refractivity contribution is 0.0536. The number of halogens is 1. The highest BCUT2D eigenvalue weighted by Crippen LogP contribution is 2.40. The van der Waals surface area contributed by atoms with Gasteiger partial charge < -0.3 is 29.2 Å². The number of aliphatic imine (C=N–C) groups is 1. The van der Waals surface area contributed by atoms with Crippen LogP contribution < -0.4 is 14.8 Å². The zero-order valence-corrected chi connectivity index (χ0v) is 17.6. The van der Waals surface area contributed by atoms with E-state index in [1.165, 1.54) is 0 Å². The Morgan fingerprint density at radius 1 is 1.37 bits per heavy atom. The summed E-state index contributed by atoms with van der Waals surface area (Å²) >= 11 is 3.54. The van der Waals surface area contributed by atoms with Crippen LogP contribution in [0.25, 0.3) is 0 Å². The number of fused-ring (bicyclic) bond motifs is 1. The molecule has 150 valence electrons. The first-order valence-corrected chi connectivity index (χ1v) is 10.2. The van der Waals surface area contributed by atoms with Gasteiger partial charge in [0.2, 0.25) is 6.79 Å². The van der Waals surface area contributed by atoms with Crippen molar-refractivity contribution in [2.45, 2.75) is 19.9 Å². The Kier molecular flexibility index (Phi) is 7.60. The van der Waals surface area contributed by atoms with Crippen LogP contribution in [0.4, 0.5) is 0 Å². The standard InChI is InChI=1S/C19H28BrN3O4/c1-3-21-19(23-5-4-14(11-23)12-25-7-6-24-2)22-10-15-8-16(20)18-17(9-15)26-13-27-18/h8-9,14H,3-7,10-13H2,1-2H3,(H,21,22). The maximum Gasteiger partial charge on any atom is 0.231 e. The summed E-state index contributed by atoms with van der Waals surface area (Å²) in [6.45, 7) is 7.82. The number of nitrogens with one attached hydrogen (secondary N) is 1. The van der Waals surface area contributed by atoms with E-state index in [0.29, 0.717) is 25.7 Å². The normalized spacial score (nSPS) is 19.0. The van der Waals surface area contributed by atoms with Crippen LogP contribution in [0, 0.1) is 5.92 Å². The van der Waals surface area contributed by atoms with Gasteiger partial charge in [-0.25, -0.2) is 4.99 Å². The monoisotopic (exact) mass is 441 g/mol. The molecule has 1 fully saturated rings. The SMILES string of the molecule is CCNC(=NCc1cc(Br)c2c(c1)OCO2)N1CCC(COCCOC)C1. The molecule has 2 heterocycles. The quantitative estimate of drug-likeness (QED) is 0.380. The zero-order chi connectivity index (χ0) is 19.1. The molecule has 1 saturated heterocycles. The molecule has 27 heavy (non-hydrogen) atoms. The van der Waals surface area contributed by atoms with Crippen LogP contribution in [-0.4, -0.2) is 64.2 Å². The Morgan fingerprint density at radius 2 is 2.26 bits per heavy atom. The molecule has 0 aliphatic carbocycles. The molecule has 1 unspecified atom stereocenters. The molecule has 1 atom stereocenters. The van der Waals surface area contributed by atoms with Gasteiger partial charge in [0.1, 0.15) is 0 Å². The molecule has 7 nitrogen and oxygen atoms in total. The highest BCUT2D eigenvalue weighted by molar-refractivity contribution is 9.10. The van der Waals surface area contributed by atoms with Crippen molar-refractivity contribution in [1.29, 1.82) is 0 Å². The van der Waals surface area contributed by atoms with Crippen LogP contribution in [0.15, 0.2) is 21.6 Å². The molecular weight excluding hydrogens is 414 g/mol. The highest BCUT2D eigenvalue weighted by Gasteiger charge is 2.25. The molecule has 0 bridgehead atoms. The molecule has 1 aromatic rings. The van der Waals surface area contributed by atoms with Crippen molar-refractivity contribution in [3.05, 3.63) is 22.2 Å². The fraction of sp³-hybridized carbons (Fsp3) is 0.632. The van der Waals surface area contributed by atoms with Crippen LogP contribution in [0.5, 0.6) is 11.5 Å². The molecule has 0 aromatic heterocycles. The fourth-order valence-corrected chi connectivity index (χ4v) is 3.86. The first-order chi connectivity index (χ1) is 13.2. The van der Waals surface area contributed by atoms with Gasteiger partial charge in [0.25, 0.3) is 0 Å². The average molecular weight is 442 g/mol. The zero-order valence-electron chi connectivity index (χ0n) is 16.0. The molecule has 2 aliphatic heterocycles. The lowest BCUT2D eigenvalue weighted by Crippen LogP contribution is -2.40. The number of hydrogen-bond donors (Lipinski definition) is 1. The van der Waals surface area contributed by atoms with Gasteiger partial charge in [-0.1, -0.05) is 0 Å². The lowest BCUT2D eigenvalue weighted by atomic mass is 10.1. The largest absolute Gasteiger partial charge is 0.454 e. The Bertz CT molecular complexity index is 656. The summed E-state index contributed by atoms with van der Waals surface area (Å²) in [4.78, 5) is 7.15. The first-order valence-electron chi connectivity index (χ1n) is 9.39. The van der Waals surface area contributed by atoms with Gasteiger partial charge in [0.15, 0.2) is 17.5 Å². The van der Waals surface area contributed by atoms with Crippen LogP contribution in [0.3, 0.4) is 0 Å². The molecule has 0 amide bonds. The Labute approximate surface area is 169 Å². The van der Waals surface area contributed by atoms with Crippen LogP contribution >= 0.6 is 15.9 Å². The molecule has 8 heteroatoms. The van der Waals surface area contributed by atoms with Crippen molar-refractivity contribution in [3.8, 4) is 11.5 Å². The second-order valence-electron chi connectivity index (χ2n) is 6.65. The minimum absolute atomic E-state index is 0.269. The third-order valence-electron chi connectivity index (χ3n) is 4.60. The van der Waals surface area contributed by atoms with Gasteiger partial charge in [-0.05, 0) is 47.0 Å². The number of benzene rings is 1. The number of rotatable bonds is 8. The van der Waals surface area contributed by atoms with E-state index in [1.807, 2.05) is 12.1 Å². The number of methoxy groups -OCH3 is 1. The summed E-state index contributed by atoms with van der Waals surface area (Å²) in [5.74, 6) is 3.02. The third-order valence-corrected chi connectivity index (χ3v) is 5.19. The van der Waals surface area contributed by atoms with E-state index in [-0.39, 0.29) is 6.79 Å². The van der Waals surface area contributed by atoms with Crippen LogP contribution in [-0.2, 0) is 16.0 Å². The summed E-state index contributed by atoms with van der Waals surface area (Å²) in [6.07, 6.45) is 1.12. The van der Waals surface area contributed by atoms with Gasteiger partial charge in [0.05, 0.1) is 30.8 Å². The highest BCUT2D eigenvalue weighted by atomic mass is 79.9. The molecule has 0 saturated carbocycles. The van der Waals surface area contributed by atoms with E-state index in [9.17, 15) is 0 Å². The number of guanidine groups is 1. The summed E-state index contributed by atoms with van der Waals surface area (Å²) in [5, 5.41) is 3.41. The van der Waals surface area contributed by atoms with Gasteiger partial charge >= 0.3 is 0 Å². The summed E-state index contributed by atoms with van der Waals surface area (Å²) in [7, 11) is 1.69. The molecule has 0 radical (unpaired) electrons. The number of ether oxygens (including phenoxy) is 4. The lowest BCUT2D eigenvalue weighted by Gasteiger charge is -2.21. The van der Waals surface area contributed by atoms with Crippen molar-refractivity contribution >= 4 is 21.9 Å². The molecular formula is C19H28BrN3O4. The third kappa shape index (κ3) is 5.49. The predicted octanol–water partition coefficient (Wildman–Crippen LogP) is 2.63. The van der Waals surface area contributed by atoms with Gasteiger partial charge in [-0.2, -0.15) is 0 Å². The molecule has 2 aliphatic rings. The minimum atomic E-state index is 0.269. The number of hydrogen-bond acceptors (Lipinski definition) is 5. The number of likely N-dealkylation sites (tertiary alicyclic amines) is 1. The van der Waals surface area contributed by atoms with Crippen molar-refractivity contribution in [2.75, 3.05) is 53.4 Å². The van der Waals surface area contributed by atoms with E-state index < -0.39 is 0 Å². The Balaban J connectivity index is 1.58. The molecule has 3 rings (SSSR count). The minimum Gasteiger partial charge on any atom is -0.454 e. The van der Waals surface area contributed by atoms with Crippen LogP contribution in [0.2, 0.25) is 0 Å². The number of nitrogens with zero attached hydrogens (tertiary/aromatic N) is 2. The molecule has 0 spiro atoms. The van der Waals surface area contributed by atoms with E-state index >= 15 is 0 Å². The topological polar surface area (TPSA) is 64.6 Å². The fourth-order valence-electron chi connectivity index (χ4n) is 3.26. The summed E-state index contributed by atoms with van der Waals surface area (Å²) < 4.78 is 22.6. The van der Waals surface area contributed by atoms with E-state index in [4.69, 9.17) is 23.9 Å². The smallest absolute Gasteiger partial charge is 0.231 e. The Morgan fingerprint density at radius 3 is 3.07 bits per heavy atom. The predicted molar refractivity (Wildman–Crippen MR) is 107 cm³/mol. The van der Waals surface area contributed by atoms with Crippen LogP contribution in [0.1, 0.15) is 18.9 Å². The average Bonchev–Trinajstić information content (AvgIpc) is 3.32. The second kappa shape index (κ2) is 10.1. The van der Waals surface area contributed by atoms with Gasteiger partial charge in [-0.3, -0.25) is 0 Å². The van der Waals surface area contributed by atoms with Crippen molar-refractivity contribution in [3.63, 3.8) is 0 Å². The van der Waals surface area contributed by atoms with Gasteiger partial charge in [-0.15, -0.1) is 0 Å².